The average molecular weight is 368 g/mol. The average Bonchev–Trinajstić information content (AvgIpc) is 3.31. The lowest BCUT2D eigenvalue weighted by Crippen LogP contribution is -2.32. The van der Waals surface area contributed by atoms with Crippen molar-refractivity contribution in [2.45, 2.75) is 39.3 Å². The molecule has 1 unspecified atom stereocenters. The Morgan fingerprint density at radius 3 is 2.67 bits per heavy atom. The number of hydrogen-bond donors (Lipinski definition) is 2. The molecule has 27 heavy (non-hydrogen) atoms. The zero-order valence-corrected chi connectivity index (χ0v) is 15.8. The molecule has 142 valence electrons. The summed E-state index contributed by atoms with van der Waals surface area (Å²) in [6, 6.07) is 10.8. The molecule has 7 nitrogen and oxygen atoms in total. The Hall–Kier alpha value is -3.09. The summed E-state index contributed by atoms with van der Waals surface area (Å²) in [5.41, 5.74) is 1.85. The van der Waals surface area contributed by atoms with Gasteiger partial charge in [-0.2, -0.15) is 0 Å². The Labute approximate surface area is 157 Å². The van der Waals surface area contributed by atoms with Crippen molar-refractivity contribution >= 4 is 22.8 Å². The summed E-state index contributed by atoms with van der Waals surface area (Å²) in [5, 5.41) is 5.42. The fourth-order valence-electron chi connectivity index (χ4n) is 3.19. The van der Waals surface area contributed by atoms with Gasteiger partial charge in [-0.25, -0.2) is 4.98 Å². The van der Waals surface area contributed by atoms with E-state index in [9.17, 15) is 9.59 Å². The van der Waals surface area contributed by atoms with E-state index in [1.807, 2.05) is 42.7 Å². The Morgan fingerprint density at radius 2 is 1.96 bits per heavy atom. The van der Waals surface area contributed by atoms with Crippen LogP contribution in [0.1, 0.15) is 48.4 Å². The van der Waals surface area contributed by atoms with Crippen LogP contribution in [0.4, 0.5) is 0 Å². The fraction of sp³-hybridized carbons (Fsp3) is 0.350. The molecular formula is C20H24N4O3. The van der Waals surface area contributed by atoms with Gasteiger partial charge in [-0.3, -0.25) is 9.59 Å². The molecule has 2 heterocycles. The number of amides is 2. The van der Waals surface area contributed by atoms with Crippen molar-refractivity contribution in [3.05, 3.63) is 53.7 Å². The Morgan fingerprint density at radius 1 is 1.19 bits per heavy atom. The van der Waals surface area contributed by atoms with Crippen LogP contribution in [0.15, 0.2) is 40.8 Å². The highest BCUT2D eigenvalue weighted by atomic mass is 16.4. The number of fused-ring (bicyclic) bond motifs is 1. The quantitative estimate of drug-likeness (QED) is 0.671. The van der Waals surface area contributed by atoms with Crippen molar-refractivity contribution in [3.63, 3.8) is 0 Å². The number of carbonyl (C=O) groups is 2. The molecule has 0 saturated carbocycles. The summed E-state index contributed by atoms with van der Waals surface area (Å²) in [7, 11) is 1.54. The molecular weight excluding hydrogens is 344 g/mol. The number of aromatic nitrogens is 2. The van der Waals surface area contributed by atoms with Gasteiger partial charge in [0.05, 0.1) is 17.6 Å². The molecule has 0 saturated heterocycles. The Bertz CT molecular complexity index is 957. The summed E-state index contributed by atoms with van der Waals surface area (Å²) < 4.78 is 7.48. The summed E-state index contributed by atoms with van der Waals surface area (Å²) in [5.74, 6) is 1.24. The molecule has 7 heteroatoms. The second kappa shape index (κ2) is 8.07. The first-order valence-corrected chi connectivity index (χ1v) is 9.13. The van der Waals surface area contributed by atoms with Crippen LogP contribution in [-0.4, -0.2) is 28.4 Å². The van der Waals surface area contributed by atoms with Gasteiger partial charge < -0.3 is 19.6 Å². The van der Waals surface area contributed by atoms with Crippen LogP contribution in [0.5, 0.6) is 0 Å². The molecule has 0 aliphatic carbocycles. The molecule has 2 aromatic heterocycles. The van der Waals surface area contributed by atoms with E-state index in [0.29, 0.717) is 12.2 Å². The van der Waals surface area contributed by atoms with E-state index >= 15 is 0 Å². The Balaban J connectivity index is 1.79. The highest BCUT2D eigenvalue weighted by Gasteiger charge is 2.23. The maximum atomic E-state index is 12.9. The zero-order chi connectivity index (χ0) is 19.4. The topological polar surface area (TPSA) is 89.2 Å². The summed E-state index contributed by atoms with van der Waals surface area (Å²) >= 11 is 0. The van der Waals surface area contributed by atoms with Crippen LogP contribution < -0.4 is 10.6 Å². The molecule has 0 fully saturated rings. The SMILES string of the molecule is CCc1nc2ccccc2n1C(CC)C(=O)NCc1ccc(C(=O)NC)o1. The van der Waals surface area contributed by atoms with E-state index in [-0.39, 0.29) is 30.2 Å². The van der Waals surface area contributed by atoms with E-state index < -0.39 is 0 Å². The molecule has 0 radical (unpaired) electrons. The maximum Gasteiger partial charge on any atom is 0.286 e. The van der Waals surface area contributed by atoms with Gasteiger partial charge in [-0.05, 0) is 30.7 Å². The van der Waals surface area contributed by atoms with Crippen molar-refractivity contribution < 1.29 is 14.0 Å². The highest BCUT2D eigenvalue weighted by molar-refractivity contribution is 5.91. The van der Waals surface area contributed by atoms with Crippen LogP contribution in [0, 0.1) is 0 Å². The number of benzene rings is 1. The largest absolute Gasteiger partial charge is 0.454 e. The molecule has 0 spiro atoms. The molecule has 2 amide bonds. The minimum Gasteiger partial charge on any atom is -0.454 e. The number of nitrogens with one attached hydrogen (secondary N) is 2. The first-order chi connectivity index (χ1) is 13.1. The fourth-order valence-corrected chi connectivity index (χ4v) is 3.19. The van der Waals surface area contributed by atoms with Crippen molar-refractivity contribution in [2.75, 3.05) is 7.05 Å². The van der Waals surface area contributed by atoms with Gasteiger partial charge in [0.1, 0.15) is 17.6 Å². The smallest absolute Gasteiger partial charge is 0.286 e. The third-order valence-corrected chi connectivity index (χ3v) is 4.54. The Kier molecular flexibility index (Phi) is 5.59. The van der Waals surface area contributed by atoms with E-state index in [1.165, 1.54) is 0 Å². The number of rotatable bonds is 7. The van der Waals surface area contributed by atoms with Gasteiger partial charge in [0, 0.05) is 13.5 Å². The second-order valence-electron chi connectivity index (χ2n) is 6.23. The van der Waals surface area contributed by atoms with Crippen LogP contribution >= 0.6 is 0 Å². The van der Waals surface area contributed by atoms with Gasteiger partial charge in [0.2, 0.25) is 5.91 Å². The monoisotopic (exact) mass is 368 g/mol. The summed E-state index contributed by atoms with van der Waals surface area (Å²) in [6.45, 7) is 4.24. The molecule has 1 aromatic carbocycles. The van der Waals surface area contributed by atoms with Gasteiger partial charge in [0.15, 0.2) is 5.76 Å². The van der Waals surface area contributed by atoms with Gasteiger partial charge in [-0.15, -0.1) is 0 Å². The molecule has 0 aliphatic heterocycles. The van der Waals surface area contributed by atoms with Crippen molar-refractivity contribution in [1.29, 1.82) is 0 Å². The van der Waals surface area contributed by atoms with Crippen LogP contribution in [0.25, 0.3) is 11.0 Å². The van der Waals surface area contributed by atoms with Gasteiger partial charge in [-0.1, -0.05) is 26.0 Å². The number of nitrogens with zero attached hydrogens (tertiary/aromatic N) is 2. The van der Waals surface area contributed by atoms with E-state index in [1.54, 1.807) is 19.2 Å². The number of para-hydroxylation sites is 2. The van der Waals surface area contributed by atoms with Crippen LogP contribution in [0.2, 0.25) is 0 Å². The lowest BCUT2D eigenvalue weighted by Gasteiger charge is -2.19. The van der Waals surface area contributed by atoms with Crippen molar-refractivity contribution in [3.8, 4) is 0 Å². The molecule has 1 atom stereocenters. The molecule has 3 rings (SSSR count). The number of carbonyl (C=O) groups excluding carboxylic acids is 2. The minimum absolute atomic E-state index is 0.103. The van der Waals surface area contributed by atoms with E-state index in [0.717, 1.165) is 23.3 Å². The lowest BCUT2D eigenvalue weighted by molar-refractivity contribution is -0.124. The van der Waals surface area contributed by atoms with E-state index in [2.05, 4.69) is 15.6 Å². The predicted octanol–water partition coefficient (Wildman–Crippen LogP) is 2.82. The predicted molar refractivity (Wildman–Crippen MR) is 102 cm³/mol. The number of hydrogen-bond acceptors (Lipinski definition) is 4. The van der Waals surface area contributed by atoms with E-state index in [4.69, 9.17) is 4.42 Å². The third-order valence-electron chi connectivity index (χ3n) is 4.54. The molecule has 0 bridgehead atoms. The first-order valence-electron chi connectivity index (χ1n) is 9.13. The maximum absolute atomic E-state index is 12.9. The van der Waals surface area contributed by atoms with Crippen LogP contribution in [-0.2, 0) is 17.8 Å². The normalized spacial score (nSPS) is 12.1. The number of furan rings is 1. The molecule has 0 aliphatic rings. The third kappa shape index (κ3) is 3.72. The second-order valence-corrected chi connectivity index (χ2v) is 6.23. The van der Waals surface area contributed by atoms with Gasteiger partial charge in [0.25, 0.3) is 5.91 Å². The first kappa shape index (κ1) is 18.7. The van der Waals surface area contributed by atoms with Gasteiger partial charge >= 0.3 is 0 Å². The minimum atomic E-state index is -0.360. The number of imidazole rings is 1. The summed E-state index contributed by atoms with van der Waals surface area (Å²) in [6.07, 6.45) is 1.38. The lowest BCUT2D eigenvalue weighted by atomic mass is 10.2. The standard InChI is InChI=1S/C20H24N4O3/c1-4-15(24-16-9-7-6-8-14(16)23-18(24)5-2)19(25)22-12-13-10-11-17(27-13)20(26)21-3/h6-11,15H,4-5,12H2,1-3H3,(H,21,26)(H,22,25). The summed E-state index contributed by atoms with van der Waals surface area (Å²) in [4.78, 5) is 29.1. The van der Waals surface area contributed by atoms with Crippen LogP contribution in [0.3, 0.4) is 0 Å². The van der Waals surface area contributed by atoms with Crippen molar-refractivity contribution in [2.24, 2.45) is 0 Å². The molecule has 3 aromatic rings. The highest BCUT2D eigenvalue weighted by Crippen LogP contribution is 2.24. The zero-order valence-electron chi connectivity index (χ0n) is 15.8. The molecule has 2 N–H and O–H groups in total. The number of aryl methyl sites for hydroxylation is 1. The van der Waals surface area contributed by atoms with Crippen molar-refractivity contribution in [1.82, 2.24) is 20.2 Å².